The Kier molecular flexibility index (Phi) is 8.63. The molecule has 0 aliphatic heterocycles. The summed E-state index contributed by atoms with van der Waals surface area (Å²) in [5.41, 5.74) is -0.462. The first kappa shape index (κ1) is 25.9. The summed E-state index contributed by atoms with van der Waals surface area (Å²) in [6.07, 6.45) is -4.10. The van der Waals surface area contributed by atoms with Crippen LogP contribution in [0.2, 0.25) is 0 Å². The maximum absolute atomic E-state index is 13.2. The van der Waals surface area contributed by atoms with Crippen LogP contribution in [0.4, 0.5) is 28.8 Å². The first-order valence-electron chi connectivity index (χ1n) is 10.7. The zero-order chi connectivity index (χ0) is 25.4. The second-order valence-corrected chi connectivity index (χ2v) is 8.38. The average molecular weight is 508 g/mol. The minimum Gasteiger partial charge on any atom is -0.497 e. The molecule has 0 atom stereocenters. The van der Waals surface area contributed by atoms with E-state index in [9.17, 15) is 22.8 Å². The highest BCUT2D eigenvalue weighted by Gasteiger charge is 2.33. The van der Waals surface area contributed by atoms with Gasteiger partial charge in [-0.25, -0.2) is 4.79 Å². The normalized spacial score (nSPS) is 11.1. The van der Waals surface area contributed by atoms with Crippen LogP contribution >= 0.6 is 11.3 Å². The van der Waals surface area contributed by atoms with Gasteiger partial charge in [0.05, 0.1) is 18.4 Å². The number of ether oxygens (including phenoxy) is 1. The molecule has 8 nitrogen and oxygen atoms in total. The summed E-state index contributed by atoms with van der Waals surface area (Å²) in [6.45, 7) is 2.11. The first-order valence-corrected chi connectivity index (χ1v) is 11.5. The van der Waals surface area contributed by atoms with Crippen LogP contribution in [0.1, 0.15) is 25.3 Å². The predicted molar refractivity (Wildman–Crippen MR) is 127 cm³/mol. The van der Waals surface area contributed by atoms with Crippen molar-refractivity contribution in [2.75, 3.05) is 30.8 Å². The van der Waals surface area contributed by atoms with E-state index in [4.69, 9.17) is 4.74 Å². The highest BCUT2D eigenvalue weighted by molar-refractivity contribution is 7.18. The molecule has 12 heteroatoms. The van der Waals surface area contributed by atoms with Gasteiger partial charge in [-0.05, 0) is 42.8 Å². The Morgan fingerprint density at radius 1 is 1.03 bits per heavy atom. The molecule has 2 N–H and O–H groups in total. The van der Waals surface area contributed by atoms with Crippen LogP contribution in [0, 0.1) is 0 Å². The maximum Gasteiger partial charge on any atom is 0.418 e. The SMILES string of the molecule is CCCN(CCC(=O)Nc1nnc(-c2ccc(OC)cc2)s1)C(=O)Nc1ccccc1C(F)(F)F. The monoisotopic (exact) mass is 507 g/mol. The molecular weight excluding hydrogens is 483 g/mol. The van der Waals surface area contributed by atoms with Crippen molar-refractivity contribution in [3.8, 4) is 16.3 Å². The van der Waals surface area contributed by atoms with E-state index < -0.39 is 23.7 Å². The molecule has 0 saturated heterocycles. The molecule has 35 heavy (non-hydrogen) atoms. The van der Waals surface area contributed by atoms with Gasteiger partial charge in [0.2, 0.25) is 11.0 Å². The van der Waals surface area contributed by atoms with Crippen molar-refractivity contribution in [2.45, 2.75) is 25.9 Å². The van der Waals surface area contributed by atoms with Crippen LogP contribution in [0.25, 0.3) is 10.6 Å². The molecule has 1 heterocycles. The number of nitrogens with zero attached hydrogens (tertiary/aromatic N) is 3. The number of hydrogen-bond donors (Lipinski definition) is 2. The molecule has 0 saturated carbocycles. The third kappa shape index (κ3) is 7.15. The summed E-state index contributed by atoms with van der Waals surface area (Å²) in [6, 6.07) is 11.2. The molecular formula is C23H24F3N5O3S. The molecule has 3 aromatic rings. The molecule has 186 valence electrons. The number of aromatic nitrogens is 2. The minimum absolute atomic E-state index is 0.0177. The summed E-state index contributed by atoms with van der Waals surface area (Å²) in [4.78, 5) is 26.4. The number of benzene rings is 2. The van der Waals surface area contributed by atoms with Gasteiger partial charge in [0, 0.05) is 25.1 Å². The Labute approximate surface area is 204 Å². The molecule has 3 amide bonds. The van der Waals surface area contributed by atoms with Gasteiger partial charge >= 0.3 is 12.2 Å². The Bertz CT molecular complexity index is 1150. The van der Waals surface area contributed by atoms with Gasteiger partial charge in [0.1, 0.15) is 10.8 Å². The fraction of sp³-hybridized carbons (Fsp3) is 0.304. The summed E-state index contributed by atoms with van der Waals surface area (Å²) in [5, 5.41) is 13.9. The summed E-state index contributed by atoms with van der Waals surface area (Å²) >= 11 is 1.19. The van der Waals surface area contributed by atoms with Gasteiger partial charge in [-0.15, -0.1) is 10.2 Å². The van der Waals surface area contributed by atoms with Crippen molar-refractivity contribution >= 4 is 34.1 Å². The molecule has 3 rings (SSSR count). The van der Waals surface area contributed by atoms with Crippen LogP contribution < -0.4 is 15.4 Å². The quantitative estimate of drug-likeness (QED) is 0.398. The summed E-state index contributed by atoms with van der Waals surface area (Å²) < 4.78 is 44.8. The lowest BCUT2D eigenvalue weighted by atomic mass is 10.1. The van der Waals surface area contributed by atoms with Crippen molar-refractivity contribution in [3.63, 3.8) is 0 Å². The molecule has 1 aromatic heterocycles. The molecule has 0 bridgehead atoms. The van der Waals surface area contributed by atoms with Crippen molar-refractivity contribution in [3.05, 3.63) is 54.1 Å². The molecule has 0 unspecified atom stereocenters. The van der Waals surface area contributed by atoms with Crippen molar-refractivity contribution in [1.82, 2.24) is 15.1 Å². The number of rotatable bonds is 9. The minimum atomic E-state index is -4.61. The lowest BCUT2D eigenvalue weighted by Gasteiger charge is -2.23. The third-order valence-corrected chi connectivity index (χ3v) is 5.76. The molecule has 0 spiro atoms. The van der Waals surface area contributed by atoms with E-state index in [1.54, 1.807) is 19.2 Å². The molecule has 0 radical (unpaired) electrons. The number of para-hydroxylation sites is 1. The fourth-order valence-corrected chi connectivity index (χ4v) is 3.93. The van der Waals surface area contributed by atoms with Crippen molar-refractivity contribution in [1.29, 1.82) is 0 Å². The van der Waals surface area contributed by atoms with E-state index >= 15 is 0 Å². The van der Waals surface area contributed by atoms with E-state index in [0.717, 1.165) is 11.6 Å². The largest absolute Gasteiger partial charge is 0.497 e. The number of carbonyl (C=O) groups is 2. The number of hydrogen-bond acceptors (Lipinski definition) is 6. The van der Waals surface area contributed by atoms with Crippen LogP contribution in [-0.2, 0) is 11.0 Å². The Morgan fingerprint density at radius 3 is 2.40 bits per heavy atom. The van der Waals surface area contributed by atoms with E-state index in [1.807, 2.05) is 19.1 Å². The Balaban J connectivity index is 1.58. The zero-order valence-electron chi connectivity index (χ0n) is 19.1. The maximum atomic E-state index is 13.2. The average Bonchev–Trinajstić information content (AvgIpc) is 3.29. The Morgan fingerprint density at radius 2 is 1.74 bits per heavy atom. The van der Waals surface area contributed by atoms with E-state index in [-0.39, 0.29) is 25.2 Å². The summed E-state index contributed by atoms with van der Waals surface area (Å²) in [7, 11) is 1.57. The van der Waals surface area contributed by atoms with Crippen molar-refractivity contribution < 1.29 is 27.5 Å². The van der Waals surface area contributed by atoms with Gasteiger partial charge in [-0.3, -0.25) is 4.79 Å². The number of anilines is 2. The number of carbonyl (C=O) groups excluding carboxylic acids is 2. The third-order valence-electron chi connectivity index (χ3n) is 4.87. The van der Waals surface area contributed by atoms with Gasteiger partial charge in [0.25, 0.3) is 0 Å². The Hall–Kier alpha value is -3.67. The summed E-state index contributed by atoms with van der Waals surface area (Å²) in [5.74, 6) is 0.307. The second-order valence-electron chi connectivity index (χ2n) is 7.40. The van der Waals surface area contributed by atoms with Crippen LogP contribution in [0.3, 0.4) is 0 Å². The van der Waals surface area contributed by atoms with Gasteiger partial charge in [-0.1, -0.05) is 30.4 Å². The second kappa shape index (κ2) is 11.6. The van der Waals surface area contributed by atoms with Gasteiger partial charge in [0.15, 0.2) is 0 Å². The van der Waals surface area contributed by atoms with Crippen LogP contribution in [0.5, 0.6) is 5.75 Å². The number of halogens is 3. The van der Waals surface area contributed by atoms with Gasteiger partial charge in [-0.2, -0.15) is 13.2 Å². The van der Waals surface area contributed by atoms with Crippen LogP contribution in [0.15, 0.2) is 48.5 Å². The van der Waals surface area contributed by atoms with E-state index in [0.29, 0.717) is 22.3 Å². The number of urea groups is 1. The first-order chi connectivity index (χ1) is 16.7. The standard InChI is InChI=1S/C23H24F3N5O3S/c1-3-13-31(22(33)27-18-7-5-4-6-17(18)23(24,25)26)14-12-19(32)28-21-30-29-20(35-21)15-8-10-16(34-2)11-9-15/h4-11H,3,12-14H2,1-2H3,(H,27,33)(H,28,30,32). The van der Waals surface area contributed by atoms with Crippen LogP contribution in [-0.4, -0.2) is 47.2 Å². The zero-order valence-corrected chi connectivity index (χ0v) is 19.9. The number of methoxy groups -OCH3 is 1. The molecule has 0 aliphatic rings. The molecule has 2 aromatic carbocycles. The van der Waals surface area contributed by atoms with E-state index in [2.05, 4.69) is 20.8 Å². The van der Waals surface area contributed by atoms with Gasteiger partial charge < -0.3 is 20.3 Å². The molecule has 0 fully saturated rings. The molecule has 0 aliphatic carbocycles. The highest BCUT2D eigenvalue weighted by atomic mass is 32.1. The lowest BCUT2D eigenvalue weighted by molar-refractivity contribution is -0.136. The lowest BCUT2D eigenvalue weighted by Crippen LogP contribution is -2.38. The van der Waals surface area contributed by atoms with E-state index in [1.165, 1.54) is 34.4 Å². The number of alkyl halides is 3. The fourth-order valence-electron chi connectivity index (χ4n) is 3.16. The smallest absolute Gasteiger partial charge is 0.418 e. The highest BCUT2D eigenvalue weighted by Crippen LogP contribution is 2.34. The number of nitrogens with one attached hydrogen (secondary N) is 2. The number of amides is 3. The van der Waals surface area contributed by atoms with Crippen molar-refractivity contribution in [2.24, 2.45) is 0 Å². The topological polar surface area (TPSA) is 96.5 Å². The predicted octanol–water partition coefficient (Wildman–Crippen LogP) is 5.51.